The molecule has 0 saturated carbocycles. The molecule has 0 fully saturated rings. The second kappa shape index (κ2) is 8.62. The third-order valence-electron chi connectivity index (χ3n) is 0.982. The third-order valence-corrected chi connectivity index (χ3v) is 1.16. The van der Waals surface area contributed by atoms with E-state index in [0.717, 1.165) is 0 Å². The molecule has 0 N–H and O–H groups in total. The van der Waals surface area contributed by atoms with Crippen LogP contribution in [0.5, 0.6) is 0 Å². The molecule has 0 aliphatic carbocycles. The molecule has 0 aliphatic rings. The fourth-order valence-electron chi connectivity index (χ4n) is 0.411. The van der Waals surface area contributed by atoms with Crippen molar-refractivity contribution in [2.24, 2.45) is 0 Å². The van der Waals surface area contributed by atoms with Gasteiger partial charge < -0.3 is 14.1 Å². The molecule has 58 valence electrons. The zero-order valence-electron chi connectivity index (χ0n) is 6.66. The van der Waals surface area contributed by atoms with Crippen LogP contribution >= 0.6 is 12.9 Å². The molecule has 0 spiro atoms. The minimum atomic E-state index is -1.14. The van der Waals surface area contributed by atoms with Crippen LogP contribution in [0.15, 0.2) is 11.6 Å². The quantitative estimate of drug-likeness (QED) is 0.166. The number of carbonyl (C=O) groups is 1. The molecule has 0 heterocycles. The molecule has 0 atom stereocenters. The topological polar surface area (TPSA) is 49.4 Å². The summed E-state index contributed by atoms with van der Waals surface area (Å²) in [5, 5.41) is 10.1. The summed E-state index contributed by atoms with van der Waals surface area (Å²) in [6.07, 6.45) is 2.08. The number of hydrogen-bond donors (Lipinski definition) is 1. The summed E-state index contributed by atoms with van der Waals surface area (Å²) in [6, 6.07) is 0. The van der Waals surface area contributed by atoms with Crippen molar-refractivity contribution in [1.82, 2.24) is 0 Å². The molecule has 0 aromatic rings. The normalized spacial score (nSPS) is 10.5. The Bertz CT molecular complexity index is 147. The number of rotatable bonds is 4. The molecule has 0 saturated heterocycles. The Hall–Kier alpha value is 0.520. The third kappa shape index (κ3) is 8.43. The summed E-state index contributed by atoms with van der Waals surface area (Å²) in [6.45, 7) is 1.89. The van der Waals surface area contributed by atoms with Gasteiger partial charge in [-0.1, -0.05) is 6.08 Å². The van der Waals surface area contributed by atoms with Gasteiger partial charge in [-0.15, -0.1) is 0 Å². The van der Waals surface area contributed by atoms with Gasteiger partial charge in [0.05, 0.1) is 12.6 Å². The van der Waals surface area contributed by atoms with Gasteiger partial charge in [0.2, 0.25) is 0 Å². The summed E-state index contributed by atoms with van der Waals surface area (Å²) >= 11 is 3.48. The predicted molar refractivity (Wildman–Crippen MR) is 38.3 cm³/mol. The first-order chi connectivity index (χ1) is 4.68. The number of hydrogen-bond acceptors (Lipinski definition) is 4. The largest absolute Gasteiger partial charge is 1.00 e. The van der Waals surface area contributed by atoms with Gasteiger partial charge in [-0.2, -0.15) is 0 Å². The summed E-state index contributed by atoms with van der Waals surface area (Å²) in [5.74, 6) is -1.14. The van der Waals surface area contributed by atoms with E-state index in [1.807, 2.05) is 0 Å². The van der Waals surface area contributed by atoms with Crippen LogP contribution in [-0.4, -0.2) is 12.6 Å². The van der Waals surface area contributed by atoms with Crippen molar-refractivity contribution in [1.29, 1.82) is 0 Å². The molecule has 0 aromatic carbocycles. The molecule has 0 bridgehead atoms. The molecule has 3 nitrogen and oxygen atoms in total. The first-order valence-corrected chi connectivity index (χ1v) is 3.19. The van der Waals surface area contributed by atoms with Gasteiger partial charge in [0.25, 0.3) is 0 Å². The van der Waals surface area contributed by atoms with Crippen LogP contribution in [0.4, 0.5) is 0 Å². The summed E-state index contributed by atoms with van der Waals surface area (Å²) < 4.78 is 4.41. The van der Waals surface area contributed by atoms with Gasteiger partial charge in [-0.25, -0.2) is 0 Å². The molecular formula is C6H9NaO3S. The van der Waals surface area contributed by atoms with Crippen LogP contribution < -0.4 is 34.7 Å². The fraction of sp³-hybridized carbons (Fsp3) is 0.500. The summed E-state index contributed by atoms with van der Waals surface area (Å²) in [7, 11) is 0. The molecule has 0 amide bonds. The van der Waals surface area contributed by atoms with E-state index in [9.17, 15) is 9.90 Å². The molecule has 5 heteroatoms. The Kier molecular flexibility index (Phi) is 11.0. The van der Waals surface area contributed by atoms with Crippen LogP contribution in [0.25, 0.3) is 0 Å². The molecule has 0 aliphatic heterocycles. The van der Waals surface area contributed by atoms with Gasteiger partial charge in [0.15, 0.2) is 0 Å². The van der Waals surface area contributed by atoms with Crippen LogP contribution in [-0.2, 0) is 8.98 Å². The van der Waals surface area contributed by atoms with E-state index < -0.39 is 5.97 Å². The first kappa shape index (κ1) is 14.1. The van der Waals surface area contributed by atoms with Gasteiger partial charge >= 0.3 is 29.6 Å². The Morgan fingerprint density at radius 1 is 1.73 bits per heavy atom. The second-order valence-corrected chi connectivity index (χ2v) is 2.05. The molecule has 0 unspecified atom stereocenters. The van der Waals surface area contributed by atoms with E-state index in [-0.39, 0.29) is 35.1 Å². The standard InChI is InChI=1S/C6H10O3S.Na/c1-5(6(7)8)3-2-4-9-10;/h3,10H,2,4H2,1H3,(H,7,8);/q;+1/p-1. The summed E-state index contributed by atoms with van der Waals surface area (Å²) in [5.41, 5.74) is 0.227. The maximum absolute atomic E-state index is 10.1. The molecule has 0 radical (unpaired) electrons. The molecule has 0 rings (SSSR count). The number of carboxylic acids is 1. The minimum absolute atomic E-state index is 0. The van der Waals surface area contributed by atoms with Crippen molar-refractivity contribution in [3.05, 3.63) is 11.6 Å². The molecular weight excluding hydrogens is 175 g/mol. The smallest absolute Gasteiger partial charge is 0.545 e. The summed E-state index contributed by atoms with van der Waals surface area (Å²) in [4.78, 5) is 10.1. The Labute approximate surface area is 93.7 Å². The average molecular weight is 184 g/mol. The second-order valence-electron chi connectivity index (χ2n) is 1.80. The van der Waals surface area contributed by atoms with Crippen molar-refractivity contribution in [3.8, 4) is 0 Å². The maximum atomic E-state index is 10.1. The van der Waals surface area contributed by atoms with Crippen molar-refractivity contribution in [2.75, 3.05) is 6.61 Å². The van der Waals surface area contributed by atoms with Crippen molar-refractivity contribution < 1.29 is 43.6 Å². The number of aliphatic carboxylic acids is 1. The van der Waals surface area contributed by atoms with Crippen LogP contribution in [0.2, 0.25) is 0 Å². The van der Waals surface area contributed by atoms with Crippen LogP contribution in [0, 0.1) is 0 Å². The average Bonchev–Trinajstić information content (AvgIpc) is 1.88. The van der Waals surface area contributed by atoms with E-state index >= 15 is 0 Å². The SMILES string of the molecule is CC(=CCCOS)C(=O)[O-].[Na+]. The van der Waals surface area contributed by atoms with Crippen LogP contribution in [0.1, 0.15) is 13.3 Å². The molecule has 0 aromatic heterocycles. The Morgan fingerprint density at radius 3 is 2.64 bits per heavy atom. The predicted octanol–water partition coefficient (Wildman–Crippen LogP) is -3.06. The monoisotopic (exact) mass is 184 g/mol. The van der Waals surface area contributed by atoms with E-state index in [2.05, 4.69) is 17.1 Å². The Balaban J connectivity index is 0. The van der Waals surface area contributed by atoms with E-state index in [0.29, 0.717) is 13.0 Å². The zero-order chi connectivity index (χ0) is 7.98. The van der Waals surface area contributed by atoms with Gasteiger partial charge in [0.1, 0.15) is 0 Å². The van der Waals surface area contributed by atoms with Crippen molar-refractivity contribution >= 4 is 18.9 Å². The van der Waals surface area contributed by atoms with E-state index in [4.69, 9.17) is 0 Å². The minimum Gasteiger partial charge on any atom is -0.545 e. The zero-order valence-corrected chi connectivity index (χ0v) is 9.56. The first-order valence-electron chi connectivity index (χ1n) is 2.83. The van der Waals surface area contributed by atoms with Crippen molar-refractivity contribution in [2.45, 2.75) is 13.3 Å². The molecule has 11 heavy (non-hydrogen) atoms. The van der Waals surface area contributed by atoms with Crippen molar-refractivity contribution in [3.63, 3.8) is 0 Å². The van der Waals surface area contributed by atoms with E-state index in [1.54, 1.807) is 0 Å². The fourth-order valence-corrected chi connectivity index (χ4v) is 0.517. The van der Waals surface area contributed by atoms with Gasteiger partial charge in [-0.3, -0.25) is 0 Å². The van der Waals surface area contributed by atoms with Gasteiger partial charge in [-0.05, 0) is 31.8 Å². The van der Waals surface area contributed by atoms with Crippen LogP contribution in [0.3, 0.4) is 0 Å². The maximum Gasteiger partial charge on any atom is 1.00 e. The Morgan fingerprint density at radius 2 is 2.27 bits per heavy atom. The van der Waals surface area contributed by atoms with E-state index in [1.165, 1.54) is 13.0 Å². The number of thiol groups is 1. The number of carboxylic acid groups (broad SMARTS) is 1. The van der Waals surface area contributed by atoms with Gasteiger partial charge in [0, 0.05) is 0 Å². The number of carbonyl (C=O) groups excluding carboxylic acids is 1.